The standard InChI is InChI=1S/C17H17N5O3/c23-9-15(17(25)21-22-10-18-19-11-22)20-16(24)8-12-5-6-13-3-1-2-4-14(13)7-12/h1-7,10-11,15,23H,8-9H2,(H,20,24)(H,21,25). The van der Waals surface area contributed by atoms with Crippen LogP contribution < -0.4 is 10.7 Å². The summed E-state index contributed by atoms with van der Waals surface area (Å²) in [6.07, 6.45) is 2.70. The first-order valence-corrected chi connectivity index (χ1v) is 7.69. The summed E-state index contributed by atoms with van der Waals surface area (Å²) in [5.41, 5.74) is 3.27. The van der Waals surface area contributed by atoms with Crippen LogP contribution in [0.5, 0.6) is 0 Å². The van der Waals surface area contributed by atoms with Crippen molar-refractivity contribution in [1.29, 1.82) is 0 Å². The highest BCUT2D eigenvalue weighted by Crippen LogP contribution is 2.15. The Balaban J connectivity index is 1.62. The zero-order valence-corrected chi connectivity index (χ0v) is 13.3. The van der Waals surface area contributed by atoms with E-state index in [0.717, 1.165) is 16.3 Å². The minimum Gasteiger partial charge on any atom is -0.394 e. The van der Waals surface area contributed by atoms with E-state index in [-0.39, 0.29) is 12.3 Å². The zero-order chi connectivity index (χ0) is 17.6. The van der Waals surface area contributed by atoms with Gasteiger partial charge in [-0.1, -0.05) is 42.5 Å². The third-order valence-electron chi connectivity index (χ3n) is 3.67. The van der Waals surface area contributed by atoms with Gasteiger partial charge in [0.1, 0.15) is 18.7 Å². The van der Waals surface area contributed by atoms with Crippen LogP contribution in [0.2, 0.25) is 0 Å². The van der Waals surface area contributed by atoms with Crippen molar-refractivity contribution in [2.75, 3.05) is 12.0 Å². The second-order valence-corrected chi connectivity index (χ2v) is 5.51. The fourth-order valence-electron chi connectivity index (χ4n) is 2.44. The molecule has 1 atom stereocenters. The van der Waals surface area contributed by atoms with E-state index in [4.69, 9.17) is 0 Å². The molecule has 1 heterocycles. The van der Waals surface area contributed by atoms with Crippen molar-refractivity contribution < 1.29 is 14.7 Å². The molecule has 0 saturated carbocycles. The predicted molar refractivity (Wildman–Crippen MR) is 91.1 cm³/mol. The normalized spacial score (nSPS) is 11.9. The number of fused-ring (bicyclic) bond motifs is 1. The number of carbonyl (C=O) groups excluding carboxylic acids is 2. The smallest absolute Gasteiger partial charge is 0.263 e. The van der Waals surface area contributed by atoms with E-state index >= 15 is 0 Å². The van der Waals surface area contributed by atoms with Crippen LogP contribution >= 0.6 is 0 Å². The SMILES string of the molecule is O=C(Cc1ccc2ccccc2c1)NC(CO)C(=O)Nn1cnnc1. The maximum absolute atomic E-state index is 12.2. The lowest BCUT2D eigenvalue weighted by Gasteiger charge is -2.16. The maximum Gasteiger partial charge on any atom is 0.263 e. The van der Waals surface area contributed by atoms with E-state index in [2.05, 4.69) is 20.9 Å². The number of aliphatic hydroxyl groups excluding tert-OH is 1. The number of carbonyl (C=O) groups is 2. The summed E-state index contributed by atoms with van der Waals surface area (Å²) in [5, 5.41) is 21.1. The molecule has 3 N–H and O–H groups in total. The predicted octanol–water partition coefficient (Wildman–Crippen LogP) is 0.221. The Hall–Kier alpha value is -3.26. The topological polar surface area (TPSA) is 109 Å². The van der Waals surface area contributed by atoms with Gasteiger partial charge < -0.3 is 10.4 Å². The molecule has 0 fully saturated rings. The van der Waals surface area contributed by atoms with Crippen molar-refractivity contribution in [3.8, 4) is 0 Å². The third-order valence-corrected chi connectivity index (χ3v) is 3.67. The average Bonchev–Trinajstić information content (AvgIpc) is 3.12. The molecule has 0 saturated heterocycles. The molecule has 3 rings (SSSR count). The molecule has 2 amide bonds. The highest BCUT2D eigenvalue weighted by molar-refractivity contribution is 5.93. The number of rotatable bonds is 6. The number of nitrogens with zero attached hydrogens (tertiary/aromatic N) is 3. The van der Waals surface area contributed by atoms with E-state index in [9.17, 15) is 14.7 Å². The summed E-state index contributed by atoms with van der Waals surface area (Å²) in [7, 11) is 0. The molecule has 0 aliphatic heterocycles. The van der Waals surface area contributed by atoms with Gasteiger partial charge in [-0.05, 0) is 16.3 Å². The Labute approximate surface area is 143 Å². The number of nitrogens with one attached hydrogen (secondary N) is 2. The molecule has 1 aromatic heterocycles. The van der Waals surface area contributed by atoms with Crippen molar-refractivity contribution in [3.63, 3.8) is 0 Å². The lowest BCUT2D eigenvalue weighted by molar-refractivity contribution is -0.127. The van der Waals surface area contributed by atoms with Gasteiger partial charge in [0.2, 0.25) is 5.91 Å². The molecule has 8 nitrogen and oxygen atoms in total. The third kappa shape index (κ3) is 4.18. The van der Waals surface area contributed by atoms with Crippen molar-refractivity contribution >= 4 is 22.6 Å². The van der Waals surface area contributed by atoms with Gasteiger partial charge in [-0.15, -0.1) is 10.2 Å². The van der Waals surface area contributed by atoms with Crippen molar-refractivity contribution in [1.82, 2.24) is 20.2 Å². The van der Waals surface area contributed by atoms with Crippen molar-refractivity contribution in [3.05, 3.63) is 60.7 Å². The van der Waals surface area contributed by atoms with Gasteiger partial charge >= 0.3 is 0 Å². The highest BCUT2D eigenvalue weighted by atomic mass is 16.3. The molecular weight excluding hydrogens is 322 g/mol. The van der Waals surface area contributed by atoms with Gasteiger partial charge in [0.25, 0.3) is 5.91 Å². The second kappa shape index (κ2) is 7.54. The Bertz CT molecular complexity index is 879. The van der Waals surface area contributed by atoms with Crippen LogP contribution in [0.4, 0.5) is 0 Å². The van der Waals surface area contributed by atoms with Crippen LogP contribution in [0, 0.1) is 0 Å². The molecule has 0 radical (unpaired) electrons. The van der Waals surface area contributed by atoms with Crippen LogP contribution in [0.25, 0.3) is 10.8 Å². The van der Waals surface area contributed by atoms with E-state index in [1.807, 2.05) is 42.5 Å². The van der Waals surface area contributed by atoms with E-state index < -0.39 is 18.6 Å². The Kier molecular flexibility index (Phi) is 5.00. The summed E-state index contributed by atoms with van der Waals surface area (Å²) < 4.78 is 1.24. The van der Waals surface area contributed by atoms with Gasteiger partial charge in [-0.3, -0.25) is 15.0 Å². The van der Waals surface area contributed by atoms with Gasteiger partial charge in [-0.2, -0.15) is 0 Å². The molecule has 8 heteroatoms. The largest absolute Gasteiger partial charge is 0.394 e. The van der Waals surface area contributed by atoms with Gasteiger partial charge in [-0.25, -0.2) is 4.68 Å². The fourth-order valence-corrected chi connectivity index (χ4v) is 2.44. The fraction of sp³-hybridized carbons (Fsp3) is 0.176. The van der Waals surface area contributed by atoms with Crippen LogP contribution in [-0.2, 0) is 16.0 Å². The van der Waals surface area contributed by atoms with E-state index in [1.54, 1.807) is 0 Å². The number of amides is 2. The van der Waals surface area contributed by atoms with E-state index in [1.165, 1.54) is 17.3 Å². The Morgan fingerprint density at radius 1 is 1.08 bits per heavy atom. The van der Waals surface area contributed by atoms with E-state index in [0.29, 0.717) is 0 Å². The summed E-state index contributed by atoms with van der Waals surface area (Å²) in [4.78, 5) is 24.2. The maximum atomic E-state index is 12.2. The van der Waals surface area contributed by atoms with Gasteiger partial charge in [0, 0.05) is 0 Å². The molecule has 25 heavy (non-hydrogen) atoms. The number of aliphatic hydroxyl groups is 1. The summed E-state index contributed by atoms with van der Waals surface area (Å²) in [5.74, 6) is -0.914. The van der Waals surface area contributed by atoms with Crippen LogP contribution in [0.1, 0.15) is 5.56 Å². The molecular formula is C17H17N5O3. The molecule has 0 bridgehead atoms. The van der Waals surface area contributed by atoms with Crippen molar-refractivity contribution in [2.45, 2.75) is 12.5 Å². The summed E-state index contributed by atoms with van der Waals surface area (Å²) in [6, 6.07) is 12.5. The van der Waals surface area contributed by atoms with Crippen molar-refractivity contribution in [2.24, 2.45) is 0 Å². The zero-order valence-electron chi connectivity index (χ0n) is 13.3. The molecule has 1 unspecified atom stereocenters. The Morgan fingerprint density at radius 2 is 1.80 bits per heavy atom. The number of benzene rings is 2. The highest BCUT2D eigenvalue weighted by Gasteiger charge is 2.20. The monoisotopic (exact) mass is 339 g/mol. The molecule has 0 aliphatic carbocycles. The first-order chi connectivity index (χ1) is 12.2. The number of hydrogen-bond donors (Lipinski definition) is 3. The quantitative estimate of drug-likeness (QED) is 0.595. The minimum absolute atomic E-state index is 0.112. The summed E-state index contributed by atoms with van der Waals surface area (Å²) in [6.45, 7) is -0.516. The average molecular weight is 339 g/mol. The second-order valence-electron chi connectivity index (χ2n) is 5.51. The number of hydrogen-bond acceptors (Lipinski definition) is 5. The van der Waals surface area contributed by atoms with Gasteiger partial charge in [0.05, 0.1) is 13.0 Å². The minimum atomic E-state index is -1.06. The Morgan fingerprint density at radius 3 is 2.52 bits per heavy atom. The molecule has 0 aliphatic rings. The van der Waals surface area contributed by atoms with Crippen LogP contribution in [-0.4, -0.2) is 44.4 Å². The molecule has 128 valence electrons. The van der Waals surface area contributed by atoms with Crippen LogP contribution in [0.3, 0.4) is 0 Å². The summed E-state index contributed by atoms with van der Waals surface area (Å²) >= 11 is 0. The molecule has 0 spiro atoms. The lowest BCUT2D eigenvalue weighted by atomic mass is 10.0. The first kappa shape index (κ1) is 16.6. The molecule has 2 aromatic carbocycles. The molecule has 3 aromatic rings. The first-order valence-electron chi connectivity index (χ1n) is 7.69. The lowest BCUT2D eigenvalue weighted by Crippen LogP contribution is -2.48. The number of aromatic nitrogens is 3. The van der Waals surface area contributed by atoms with Crippen LogP contribution in [0.15, 0.2) is 55.1 Å². The van der Waals surface area contributed by atoms with Gasteiger partial charge in [0.15, 0.2) is 0 Å².